The molecule has 4 rings (SSSR count). The van der Waals surface area contributed by atoms with Crippen LogP contribution in [0.15, 0.2) is 30.5 Å². The van der Waals surface area contributed by atoms with E-state index in [0.29, 0.717) is 17.3 Å². The van der Waals surface area contributed by atoms with Gasteiger partial charge < -0.3 is 10.3 Å². The number of alkyl halides is 2. The Hall–Kier alpha value is -2.83. The first-order valence-corrected chi connectivity index (χ1v) is 8.08. The normalized spacial score (nSPS) is 14.2. The monoisotopic (exact) mass is 342 g/mol. The summed E-state index contributed by atoms with van der Waals surface area (Å²) in [5, 5.41) is 2.83. The van der Waals surface area contributed by atoms with Crippen molar-refractivity contribution in [2.24, 2.45) is 0 Å². The summed E-state index contributed by atoms with van der Waals surface area (Å²) in [6, 6.07) is 6.74. The van der Waals surface area contributed by atoms with Crippen LogP contribution < -0.4 is 5.32 Å². The Morgan fingerprint density at radius 1 is 1.32 bits per heavy atom. The smallest absolute Gasteiger partial charge is 0.295 e. The Bertz CT molecular complexity index is 963. The second-order valence-corrected chi connectivity index (χ2v) is 6.24. The number of halogens is 2. The highest BCUT2D eigenvalue weighted by molar-refractivity contribution is 6.11. The largest absolute Gasteiger partial charge is 0.337 e. The molecule has 2 heterocycles. The average molecular weight is 342 g/mol. The summed E-state index contributed by atoms with van der Waals surface area (Å²) in [7, 11) is 0. The number of pyridine rings is 1. The molecular formula is C18H16F2N4O. The third kappa shape index (κ3) is 2.86. The second-order valence-electron chi connectivity index (χ2n) is 6.24. The lowest BCUT2D eigenvalue weighted by Crippen LogP contribution is -2.15. The molecular weight excluding hydrogens is 326 g/mol. The number of para-hydroxylation sites is 1. The van der Waals surface area contributed by atoms with Gasteiger partial charge in [0.25, 0.3) is 12.3 Å². The number of nitrogens with one attached hydrogen (secondary N) is 2. The molecule has 0 saturated heterocycles. The molecule has 5 nitrogen and oxygen atoms in total. The molecule has 128 valence electrons. The minimum Gasteiger partial charge on any atom is -0.337 e. The Morgan fingerprint density at radius 2 is 2.12 bits per heavy atom. The Morgan fingerprint density at radius 3 is 2.84 bits per heavy atom. The van der Waals surface area contributed by atoms with E-state index in [-0.39, 0.29) is 11.1 Å². The minimum atomic E-state index is -2.72. The first-order valence-electron chi connectivity index (χ1n) is 8.08. The third-order valence-electron chi connectivity index (χ3n) is 4.41. The topological polar surface area (TPSA) is 70.7 Å². The Balaban J connectivity index is 1.71. The molecule has 1 aromatic carbocycles. The van der Waals surface area contributed by atoms with E-state index in [1.807, 2.05) is 13.0 Å². The van der Waals surface area contributed by atoms with Crippen LogP contribution in [0.1, 0.15) is 52.5 Å². The lowest BCUT2D eigenvalue weighted by atomic mass is 10.1. The van der Waals surface area contributed by atoms with Gasteiger partial charge in [0.15, 0.2) is 5.82 Å². The number of H-pyrrole nitrogens is 1. The number of aromatic amines is 1. The van der Waals surface area contributed by atoms with Gasteiger partial charge in [-0.3, -0.25) is 4.79 Å². The van der Waals surface area contributed by atoms with Gasteiger partial charge >= 0.3 is 0 Å². The molecule has 2 N–H and O–H groups in total. The zero-order valence-electron chi connectivity index (χ0n) is 13.5. The lowest BCUT2D eigenvalue weighted by Gasteiger charge is -2.12. The Kier molecular flexibility index (Phi) is 3.71. The molecule has 0 unspecified atom stereocenters. The quantitative estimate of drug-likeness (QED) is 0.741. The molecule has 1 saturated carbocycles. The molecule has 1 aliphatic rings. The number of carbonyl (C=O) groups is 1. The highest BCUT2D eigenvalue weighted by Gasteiger charge is 2.29. The molecule has 0 spiro atoms. The number of hydrogen-bond acceptors (Lipinski definition) is 3. The predicted molar refractivity (Wildman–Crippen MR) is 90.0 cm³/mol. The highest BCUT2D eigenvalue weighted by atomic mass is 19.3. The maximum absolute atomic E-state index is 12.9. The number of carbonyl (C=O) groups excluding carboxylic acids is 1. The molecule has 1 fully saturated rings. The molecule has 3 aromatic rings. The molecule has 0 bridgehead atoms. The third-order valence-corrected chi connectivity index (χ3v) is 4.41. The standard InChI is InChI=1S/C18H16F2N4O/c1-9-7-8-21-16(13(9)10-5-6-10)24-18(25)11-3-2-4-12-14(11)23-17(22-12)15(19)20/h2-4,7-8,10,15H,5-6H2,1H3,(H,22,23)(H,21,24,25). The summed E-state index contributed by atoms with van der Waals surface area (Å²) in [6.07, 6.45) is 1.11. The van der Waals surface area contributed by atoms with Crippen LogP contribution in [-0.4, -0.2) is 20.9 Å². The van der Waals surface area contributed by atoms with Crippen LogP contribution >= 0.6 is 0 Å². The zero-order chi connectivity index (χ0) is 17.6. The summed E-state index contributed by atoms with van der Waals surface area (Å²) in [4.78, 5) is 23.4. The van der Waals surface area contributed by atoms with Crippen molar-refractivity contribution in [3.63, 3.8) is 0 Å². The van der Waals surface area contributed by atoms with E-state index in [9.17, 15) is 13.6 Å². The van der Waals surface area contributed by atoms with Crippen molar-refractivity contribution in [1.29, 1.82) is 0 Å². The van der Waals surface area contributed by atoms with Gasteiger partial charge in [0.05, 0.1) is 11.1 Å². The lowest BCUT2D eigenvalue weighted by molar-refractivity contribution is 0.102. The molecule has 2 aromatic heterocycles. The van der Waals surface area contributed by atoms with E-state index in [0.717, 1.165) is 24.0 Å². The second kappa shape index (κ2) is 5.91. The van der Waals surface area contributed by atoms with Gasteiger partial charge in [0.2, 0.25) is 0 Å². The summed E-state index contributed by atoms with van der Waals surface area (Å²) in [5.41, 5.74) is 3.02. The van der Waals surface area contributed by atoms with Gasteiger partial charge in [-0.25, -0.2) is 18.7 Å². The fourth-order valence-corrected chi connectivity index (χ4v) is 3.07. The van der Waals surface area contributed by atoms with Crippen molar-refractivity contribution in [2.75, 3.05) is 5.32 Å². The van der Waals surface area contributed by atoms with Gasteiger partial charge in [-0.05, 0) is 49.4 Å². The summed E-state index contributed by atoms with van der Waals surface area (Å²) < 4.78 is 25.7. The number of fused-ring (bicyclic) bond motifs is 1. The van der Waals surface area contributed by atoms with Crippen molar-refractivity contribution in [3.8, 4) is 0 Å². The first-order chi connectivity index (χ1) is 12.0. The zero-order valence-corrected chi connectivity index (χ0v) is 13.5. The molecule has 0 radical (unpaired) electrons. The van der Waals surface area contributed by atoms with Crippen LogP contribution in [0.25, 0.3) is 11.0 Å². The van der Waals surface area contributed by atoms with Crippen LogP contribution in [0.5, 0.6) is 0 Å². The van der Waals surface area contributed by atoms with Crippen LogP contribution in [0.4, 0.5) is 14.6 Å². The van der Waals surface area contributed by atoms with E-state index >= 15 is 0 Å². The van der Waals surface area contributed by atoms with Crippen LogP contribution in [-0.2, 0) is 0 Å². The van der Waals surface area contributed by atoms with Crippen molar-refractivity contribution in [2.45, 2.75) is 32.1 Å². The van der Waals surface area contributed by atoms with Crippen molar-refractivity contribution in [1.82, 2.24) is 15.0 Å². The minimum absolute atomic E-state index is 0.232. The fourth-order valence-electron chi connectivity index (χ4n) is 3.07. The van der Waals surface area contributed by atoms with E-state index in [4.69, 9.17) is 0 Å². The number of imidazole rings is 1. The summed E-state index contributed by atoms with van der Waals surface area (Å²) >= 11 is 0. The Labute approximate surface area is 142 Å². The van der Waals surface area contributed by atoms with E-state index < -0.39 is 18.2 Å². The maximum Gasteiger partial charge on any atom is 0.295 e. The number of hydrogen-bond donors (Lipinski definition) is 2. The SMILES string of the molecule is Cc1ccnc(NC(=O)c2cccc3[nH]c(C(F)F)nc23)c1C1CC1. The predicted octanol–water partition coefficient (Wildman–Crippen LogP) is 4.33. The number of amides is 1. The van der Waals surface area contributed by atoms with Gasteiger partial charge in [-0.15, -0.1) is 0 Å². The number of rotatable bonds is 4. The first kappa shape index (κ1) is 15.7. The van der Waals surface area contributed by atoms with Crippen LogP contribution in [0.3, 0.4) is 0 Å². The van der Waals surface area contributed by atoms with E-state index in [1.54, 1.807) is 24.4 Å². The van der Waals surface area contributed by atoms with Crippen molar-refractivity contribution in [3.05, 3.63) is 53.0 Å². The summed E-state index contributed by atoms with van der Waals surface area (Å²) in [6.45, 7) is 1.99. The number of aromatic nitrogens is 3. The molecule has 1 amide bonds. The van der Waals surface area contributed by atoms with Gasteiger partial charge in [-0.2, -0.15) is 0 Å². The maximum atomic E-state index is 12.9. The van der Waals surface area contributed by atoms with Crippen LogP contribution in [0, 0.1) is 6.92 Å². The number of aryl methyl sites for hydroxylation is 1. The van der Waals surface area contributed by atoms with Crippen molar-refractivity contribution >= 4 is 22.8 Å². The number of nitrogens with zero attached hydrogens (tertiary/aromatic N) is 2. The summed E-state index contributed by atoms with van der Waals surface area (Å²) in [5.74, 6) is 0.116. The van der Waals surface area contributed by atoms with Gasteiger partial charge in [0.1, 0.15) is 11.3 Å². The van der Waals surface area contributed by atoms with E-state index in [2.05, 4.69) is 20.3 Å². The van der Waals surface area contributed by atoms with Gasteiger partial charge in [-0.1, -0.05) is 6.07 Å². The van der Waals surface area contributed by atoms with Crippen molar-refractivity contribution < 1.29 is 13.6 Å². The highest BCUT2D eigenvalue weighted by Crippen LogP contribution is 2.44. The number of benzene rings is 1. The fraction of sp³-hybridized carbons (Fsp3) is 0.278. The molecule has 25 heavy (non-hydrogen) atoms. The molecule has 7 heteroatoms. The molecule has 1 aliphatic carbocycles. The van der Waals surface area contributed by atoms with Gasteiger partial charge in [0, 0.05) is 11.8 Å². The molecule has 0 atom stereocenters. The van der Waals surface area contributed by atoms with E-state index in [1.165, 1.54) is 0 Å². The average Bonchev–Trinajstić information content (AvgIpc) is 3.31. The van der Waals surface area contributed by atoms with Crippen LogP contribution in [0.2, 0.25) is 0 Å². The molecule has 0 aliphatic heterocycles. The number of anilines is 1.